The van der Waals surface area contributed by atoms with Crippen molar-refractivity contribution < 1.29 is 0 Å². The molecule has 0 spiro atoms. The van der Waals surface area contributed by atoms with Crippen molar-refractivity contribution in [3.8, 4) is 0 Å². The molecular formula is C56H62N2. The Morgan fingerprint density at radius 2 is 1.16 bits per heavy atom. The SMILES string of the molecule is CC(C)(C)C1=CC=C(N(C2=C3C=Cc4ccc(N(c5c#cc(C(C)(C)C)cc5)c5ccc(C(C)(C)C)cc5)c5c4C3C(C=C2)C=C5)c2ccc(C(C)(C)C)cc2)CC1. The van der Waals surface area contributed by atoms with Gasteiger partial charge < -0.3 is 9.80 Å². The third-order valence-corrected chi connectivity index (χ3v) is 12.7. The predicted octanol–water partition coefficient (Wildman–Crippen LogP) is 15.4. The van der Waals surface area contributed by atoms with Crippen molar-refractivity contribution in [2.45, 2.75) is 118 Å². The molecule has 0 amide bonds. The molecule has 2 unspecified atom stereocenters. The number of hydrogen-bond acceptors (Lipinski definition) is 2. The van der Waals surface area contributed by atoms with E-state index in [9.17, 15) is 0 Å². The van der Waals surface area contributed by atoms with Crippen LogP contribution in [-0.4, -0.2) is 0 Å². The van der Waals surface area contributed by atoms with Gasteiger partial charge in [0.2, 0.25) is 0 Å². The third kappa shape index (κ3) is 7.34. The Bertz CT molecular complexity index is 2340. The molecule has 4 aliphatic rings. The fourth-order valence-corrected chi connectivity index (χ4v) is 9.05. The highest BCUT2D eigenvalue weighted by Gasteiger charge is 2.38. The fourth-order valence-electron chi connectivity index (χ4n) is 9.05. The maximum Gasteiger partial charge on any atom is 0.0973 e. The van der Waals surface area contributed by atoms with Crippen molar-refractivity contribution >= 4 is 34.9 Å². The Balaban J connectivity index is 1.28. The third-order valence-electron chi connectivity index (χ3n) is 12.7. The average molecular weight is 763 g/mol. The lowest BCUT2D eigenvalue weighted by atomic mass is 9.67. The highest BCUT2D eigenvalue weighted by atomic mass is 15.2. The summed E-state index contributed by atoms with van der Waals surface area (Å²) in [5.74, 6) is 0.471. The zero-order valence-electron chi connectivity index (χ0n) is 37.0. The minimum Gasteiger partial charge on any atom is -0.314 e. The molecule has 296 valence electrons. The van der Waals surface area contributed by atoms with Crippen LogP contribution >= 0.6 is 0 Å². The topological polar surface area (TPSA) is 6.48 Å². The first-order chi connectivity index (χ1) is 27.3. The van der Waals surface area contributed by atoms with Gasteiger partial charge in [-0.25, -0.2) is 0 Å². The summed E-state index contributed by atoms with van der Waals surface area (Å²) < 4.78 is 0. The highest BCUT2D eigenvalue weighted by molar-refractivity contribution is 5.88. The van der Waals surface area contributed by atoms with Gasteiger partial charge >= 0.3 is 0 Å². The van der Waals surface area contributed by atoms with Gasteiger partial charge in [0.05, 0.1) is 11.4 Å². The second kappa shape index (κ2) is 14.2. The number of allylic oxidation sites excluding steroid dienone is 9. The van der Waals surface area contributed by atoms with Crippen LogP contribution in [0.15, 0.2) is 132 Å². The molecule has 8 rings (SSSR count). The molecule has 2 nitrogen and oxygen atoms in total. The molecule has 0 radical (unpaired) electrons. The first-order valence-corrected chi connectivity index (χ1v) is 21.4. The maximum atomic E-state index is 3.61. The Morgan fingerprint density at radius 3 is 1.69 bits per heavy atom. The second-order valence-electron chi connectivity index (χ2n) is 20.9. The molecule has 0 N–H and O–H groups in total. The standard InChI is InChI=1S/C56H62N2/c1-53(2,3)39-17-25-43(26-18-39)57(44-27-19-40(20-28-44)54(4,5)6)49-35-15-37-14-34-48-50(36-16-38-13-33-47(49)51(37)52(38)48)58(45-29-21-41(22-30-45)55(7,8)9)46-31-23-42(24-32-46)56(10,11)12/h13-19,21-23,25-27,29-31,33-37,51H,20,28H2,1-12H3. The van der Waals surface area contributed by atoms with Gasteiger partial charge in [0, 0.05) is 45.7 Å². The molecule has 0 aliphatic heterocycles. The predicted molar refractivity (Wildman–Crippen MR) is 249 cm³/mol. The van der Waals surface area contributed by atoms with E-state index in [4.69, 9.17) is 0 Å². The zero-order valence-corrected chi connectivity index (χ0v) is 37.0. The first-order valence-electron chi connectivity index (χ1n) is 21.4. The summed E-state index contributed by atoms with van der Waals surface area (Å²) >= 11 is 0. The molecule has 0 saturated carbocycles. The monoisotopic (exact) mass is 762 g/mol. The number of anilines is 4. The smallest absolute Gasteiger partial charge is 0.0973 e. The second-order valence-corrected chi connectivity index (χ2v) is 20.9. The van der Waals surface area contributed by atoms with Crippen LogP contribution in [0.2, 0.25) is 0 Å². The largest absolute Gasteiger partial charge is 0.314 e. The van der Waals surface area contributed by atoms with Gasteiger partial charge in [-0.1, -0.05) is 162 Å². The molecule has 4 aromatic rings. The number of nitrogens with zero attached hydrogens (tertiary/aromatic N) is 2. The Labute approximate surface area is 350 Å². The summed E-state index contributed by atoms with van der Waals surface area (Å²) in [7, 11) is 0. The van der Waals surface area contributed by atoms with Gasteiger partial charge in [0.25, 0.3) is 0 Å². The Kier molecular flexibility index (Phi) is 9.71. The molecule has 4 aliphatic carbocycles. The Morgan fingerprint density at radius 1 is 0.534 bits per heavy atom. The summed E-state index contributed by atoms with van der Waals surface area (Å²) in [6.07, 6.45) is 21.3. The van der Waals surface area contributed by atoms with Crippen LogP contribution in [0.3, 0.4) is 0 Å². The molecule has 0 aromatic heterocycles. The Hall–Kier alpha value is -5.26. The average Bonchev–Trinajstić information content (AvgIpc) is 3.17. The lowest BCUT2D eigenvalue weighted by molar-refractivity contribution is 0.478. The lowest BCUT2D eigenvalue weighted by Crippen LogP contribution is -2.30. The van der Waals surface area contributed by atoms with Gasteiger partial charge in [-0.15, -0.1) is 0 Å². The number of hydrogen-bond donors (Lipinski definition) is 0. The summed E-state index contributed by atoms with van der Waals surface area (Å²) in [6.45, 7) is 27.4. The normalized spacial score (nSPS) is 18.7. The van der Waals surface area contributed by atoms with E-state index in [-0.39, 0.29) is 33.5 Å². The molecule has 58 heavy (non-hydrogen) atoms. The van der Waals surface area contributed by atoms with Crippen LogP contribution in [0.1, 0.15) is 135 Å². The van der Waals surface area contributed by atoms with E-state index >= 15 is 0 Å². The molecule has 0 bridgehead atoms. The maximum absolute atomic E-state index is 3.61. The van der Waals surface area contributed by atoms with E-state index in [1.807, 2.05) is 0 Å². The molecule has 2 heteroatoms. The van der Waals surface area contributed by atoms with Crippen LogP contribution in [0.5, 0.6) is 0 Å². The van der Waals surface area contributed by atoms with E-state index < -0.39 is 0 Å². The van der Waals surface area contributed by atoms with Gasteiger partial charge in [0.1, 0.15) is 0 Å². The summed E-state index contributed by atoms with van der Waals surface area (Å²) in [6, 6.07) is 34.7. The van der Waals surface area contributed by atoms with E-state index in [0.717, 1.165) is 29.8 Å². The summed E-state index contributed by atoms with van der Waals surface area (Å²) in [5, 5.41) is 0. The molecule has 4 aromatic carbocycles. The van der Waals surface area contributed by atoms with Crippen LogP contribution < -0.4 is 9.80 Å². The minimum absolute atomic E-state index is 0.00753. The highest BCUT2D eigenvalue weighted by Crippen LogP contribution is 2.53. The fraction of sp³-hybridized carbons (Fsp3) is 0.357. The van der Waals surface area contributed by atoms with Crippen LogP contribution in [0.4, 0.5) is 22.7 Å². The van der Waals surface area contributed by atoms with E-state index in [1.54, 1.807) is 0 Å². The number of benzene rings is 3. The first kappa shape index (κ1) is 39.6. The lowest BCUT2D eigenvalue weighted by Gasteiger charge is -2.42. The van der Waals surface area contributed by atoms with Crippen molar-refractivity contribution in [3.05, 3.63) is 177 Å². The zero-order chi connectivity index (χ0) is 41.4. The van der Waals surface area contributed by atoms with E-state index in [2.05, 4.69) is 226 Å². The van der Waals surface area contributed by atoms with Crippen molar-refractivity contribution in [1.82, 2.24) is 0 Å². The molecule has 0 fully saturated rings. The molecule has 0 heterocycles. The molecule has 2 atom stereocenters. The minimum atomic E-state index is -0.00753. The van der Waals surface area contributed by atoms with E-state index in [0.29, 0.717) is 0 Å². The van der Waals surface area contributed by atoms with Crippen LogP contribution in [-0.2, 0) is 16.2 Å². The van der Waals surface area contributed by atoms with Gasteiger partial charge in [-0.2, -0.15) is 0 Å². The summed E-state index contributed by atoms with van der Waals surface area (Å²) in [5.41, 5.74) is 18.1. The van der Waals surface area contributed by atoms with Crippen molar-refractivity contribution in [3.63, 3.8) is 0 Å². The molecule has 0 saturated heterocycles. The number of rotatable bonds is 6. The van der Waals surface area contributed by atoms with Crippen molar-refractivity contribution in [1.29, 1.82) is 0 Å². The molecular weight excluding hydrogens is 701 g/mol. The van der Waals surface area contributed by atoms with Crippen molar-refractivity contribution in [2.24, 2.45) is 11.3 Å². The summed E-state index contributed by atoms with van der Waals surface area (Å²) in [4.78, 5) is 4.96. The van der Waals surface area contributed by atoms with E-state index in [1.165, 1.54) is 61.7 Å². The van der Waals surface area contributed by atoms with Crippen LogP contribution in [0, 0.1) is 23.5 Å². The van der Waals surface area contributed by atoms with Gasteiger partial charge in [-0.05, 0) is 123 Å². The quantitative estimate of drug-likeness (QED) is 0.193. The van der Waals surface area contributed by atoms with Crippen LogP contribution in [0.25, 0.3) is 12.2 Å². The van der Waals surface area contributed by atoms with Gasteiger partial charge in [0.15, 0.2) is 0 Å². The van der Waals surface area contributed by atoms with Crippen molar-refractivity contribution in [2.75, 3.05) is 9.80 Å². The van der Waals surface area contributed by atoms with Gasteiger partial charge in [-0.3, -0.25) is 0 Å².